The Morgan fingerprint density at radius 1 is 0.905 bits per heavy atom. The molecule has 0 spiro atoms. The molecule has 360 valence electrons. The van der Waals surface area contributed by atoms with E-state index in [1.54, 1.807) is 53.7 Å². The third-order valence-electron chi connectivity index (χ3n) is 13.8. The van der Waals surface area contributed by atoms with Crippen LogP contribution in [0.15, 0.2) is 24.3 Å². The van der Waals surface area contributed by atoms with Crippen molar-refractivity contribution < 1.29 is 72.0 Å². The summed E-state index contributed by atoms with van der Waals surface area (Å²) >= 11 is 0. The Morgan fingerprint density at radius 2 is 1.51 bits per heavy atom. The molecule has 1 amide bonds. The van der Waals surface area contributed by atoms with E-state index in [2.05, 4.69) is 5.32 Å². The predicted octanol–water partition coefficient (Wildman–Crippen LogP) is 4.51. The first kappa shape index (κ1) is 52.8. The maximum atomic E-state index is 14.4. The number of methoxy groups -OCH3 is 2. The highest BCUT2D eigenvalue weighted by atomic mass is 19.1. The van der Waals surface area contributed by atoms with Crippen LogP contribution in [0.3, 0.4) is 0 Å². The summed E-state index contributed by atoms with van der Waals surface area (Å²) in [7, 11) is 6.69. The van der Waals surface area contributed by atoms with Crippen LogP contribution in [0.5, 0.6) is 0 Å². The number of esters is 1. The molecule has 16 nitrogen and oxygen atoms in total. The molecular weight excluding hydrogens is 824 g/mol. The lowest BCUT2D eigenvalue weighted by Crippen LogP contribution is -2.62. The van der Waals surface area contributed by atoms with E-state index in [0.29, 0.717) is 12.0 Å². The van der Waals surface area contributed by atoms with Crippen molar-refractivity contribution in [3.8, 4) is 0 Å². The van der Waals surface area contributed by atoms with Gasteiger partial charge in [0, 0.05) is 51.0 Å². The number of hydrogen-bond donors (Lipinski definition) is 4. The molecule has 0 radical (unpaired) electrons. The Morgan fingerprint density at radius 3 is 2.08 bits per heavy atom. The Bertz CT molecular complexity index is 1670. The predicted molar refractivity (Wildman–Crippen MR) is 229 cm³/mol. The Kier molecular flexibility index (Phi) is 18.1. The van der Waals surface area contributed by atoms with Gasteiger partial charge in [0.25, 0.3) is 0 Å². The normalized spacial score (nSPS) is 42.3. The first-order chi connectivity index (χ1) is 29.3. The van der Waals surface area contributed by atoms with Crippen molar-refractivity contribution in [2.45, 2.75) is 186 Å². The van der Waals surface area contributed by atoms with Gasteiger partial charge in [-0.2, -0.15) is 0 Å². The average molecular weight is 899 g/mol. The summed E-state index contributed by atoms with van der Waals surface area (Å²) < 4.78 is 64.1. The van der Waals surface area contributed by atoms with Gasteiger partial charge in [0.2, 0.25) is 0 Å². The fraction of sp³-hybridized carbons (Fsp3) is 0.804. The second-order valence-electron chi connectivity index (χ2n) is 19.0. The molecule has 0 aliphatic carbocycles. The number of halogens is 1. The molecule has 18 atom stereocenters. The number of cyclic esters (lactones) is 1. The summed E-state index contributed by atoms with van der Waals surface area (Å²) in [4.78, 5) is 43.6. The summed E-state index contributed by atoms with van der Waals surface area (Å²) in [6.45, 7) is 17.0. The molecular formula is C46H75FN2O14. The molecule has 1 aromatic carbocycles. The Hall–Kier alpha value is -2.84. The summed E-state index contributed by atoms with van der Waals surface area (Å²) in [5.74, 6) is -5.19. The summed E-state index contributed by atoms with van der Waals surface area (Å²) in [6.07, 6.45) is -10.3. The lowest BCUT2D eigenvalue weighted by molar-refractivity contribution is -0.319. The van der Waals surface area contributed by atoms with E-state index in [1.165, 1.54) is 40.2 Å². The third-order valence-corrected chi connectivity index (χ3v) is 13.8. The standard InChI is InChI=1S/C46H75FN2O14/c1-15-33-46(10,55)38(52)26(4)35(50)24(2)21-44(8,56-13)39(62-42-36(51)32(49(11)12)20-25(3)58-42)27(5)37(28(6)41(53)60-33)61-34-22-45(9,57-14)40(29(7)59-34)63-43(54)48-23-30-16-18-31(47)19-17-30/h16-19,24-29,32-34,36-40,42,51-52,55H,15,20-23H2,1-14H3,(H,48,54)/t24-,25-,26+,27+,28-,29+,32+,33-,34+,36-,37+,38-,39-,40+,42+,44-,45-,46-/m1/s1. The number of rotatable bonds is 11. The van der Waals surface area contributed by atoms with E-state index in [1.807, 2.05) is 32.8 Å². The number of nitrogens with zero attached hydrogens (tertiary/aromatic N) is 1. The molecule has 3 saturated heterocycles. The first-order valence-corrected chi connectivity index (χ1v) is 22.2. The monoisotopic (exact) mass is 899 g/mol. The minimum Gasteiger partial charge on any atom is -0.459 e. The quantitative estimate of drug-likeness (QED) is 0.226. The number of benzene rings is 1. The van der Waals surface area contributed by atoms with Crippen molar-refractivity contribution in [1.29, 1.82) is 0 Å². The van der Waals surface area contributed by atoms with E-state index >= 15 is 0 Å². The van der Waals surface area contributed by atoms with Crippen molar-refractivity contribution in [3.05, 3.63) is 35.6 Å². The van der Waals surface area contributed by atoms with Gasteiger partial charge in [0.1, 0.15) is 35.0 Å². The molecule has 0 bridgehead atoms. The number of ketones is 1. The number of ether oxygens (including phenoxy) is 8. The molecule has 3 heterocycles. The highest BCUT2D eigenvalue weighted by Gasteiger charge is 2.55. The number of carbonyl (C=O) groups is 3. The van der Waals surface area contributed by atoms with Gasteiger partial charge in [-0.15, -0.1) is 0 Å². The Balaban J connectivity index is 1.76. The van der Waals surface area contributed by atoms with Gasteiger partial charge in [0.05, 0.1) is 42.0 Å². The van der Waals surface area contributed by atoms with Gasteiger partial charge in [-0.1, -0.05) is 39.8 Å². The minimum atomic E-state index is -2.02. The minimum absolute atomic E-state index is 0.0240. The summed E-state index contributed by atoms with van der Waals surface area (Å²) in [5.41, 5.74) is -3.84. The average Bonchev–Trinajstić information content (AvgIpc) is 3.23. The van der Waals surface area contributed by atoms with Gasteiger partial charge in [-0.25, -0.2) is 9.18 Å². The fourth-order valence-electron chi connectivity index (χ4n) is 9.73. The third kappa shape index (κ3) is 12.1. The number of aliphatic hydroxyl groups excluding tert-OH is 2. The zero-order valence-electron chi connectivity index (χ0n) is 39.7. The van der Waals surface area contributed by atoms with Crippen molar-refractivity contribution in [2.75, 3.05) is 28.3 Å². The number of hydrogen-bond acceptors (Lipinski definition) is 15. The topological polar surface area (TPSA) is 201 Å². The first-order valence-electron chi connectivity index (χ1n) is 22.2. The summed E-state index contributed by atoms with van der Waals surface area (Å²) in [6, 6.07) is 5.37. The highest BCUT2D eigenvalue weighted by Crippen LogP contribution is 2.42. The van der Waals surface area contributed by atoms with E-state index in [-0.39, 0.29) is 43.7 Å². The van der Waals surface area contributed by atoms with Crippen molar-refractivity contribution in [3.63, 3.8) is 0 Å². The molecule has 3 aliphatic heterocycles. The van der Waals surface area contributed by atoms with Crippen molar-refractivity contribution >= 4 is 17.8 Å². The van der Waals surface area contributed by atoms with Crippen LogP contribution in [-0.2, 0) is 54.0 Å². The molecule has 3 fully saturated rings. The maximum absolute atomic E-state index is 14.4. The SMILES string of the molecule is CC[C@H]1OC(=O)[C@H](C)[C@@H](O[C@H]2C[C@@](C)(OC)[C@@H](OC(=O)NCc3ccc(F)cc3)[C@H](C)O2)[C@H](C)[C@@H](O[C@@H]2O[C@H](C)C[C@H](N(C)C)[C@H]2O)[C@](C)(OC)C[C@@H](C)C(=O)[C@H](C)[C@@H](O)[C@]1(C)O. The van der Waals surface area contributed by atoms with Crippen LogP contribution in [0, 0.1) is 29.5 Å². The van der Waals surface area contributed by atoms with Gasteiger partial charge >= 0.3 is 12.1 Å². The smallest absolute Gasteiger partial charge is 0.407 e. The van der Waals surface area contributed by atoms with Gasteiger partial charge in [-0.05, 0) is 92.6 Å². The lowest BCUT2D eigenvalue weighted by Gasteiger charge is -2.50. The maximum Gasteiger partial charge on any atom is 0.407 e. The molecule has 0 aromatic heterocycles. The van der Waals surface area contributed by atoms with Crippen molar-refractivity contribution in [1.82, 2.24) is 10.2 Å². The number of nitrogens with one attached hydrogen (secondary N) is 1. The largest absolute Gasteiger partial charge is 0.459 e. The van der Waals surface area contributed by atoms with Gasteiger partial charge < -0.3 is 63.4 Å². The van der Waals surface area contributed by atoms with E-state index in [9.17, 15) is 34.1 Å². The Labute approximate surface area is 372 Å². The summed E-state index contributed by atoms with van der Waals surface area (Å²) in [5, 5.41) is 37.7. The number of likely N-dealkylation sites (N-methyl/N-ethyl adjacent to an activating group) is 1. The van der Waals surface area contributed by atoms with E-state index in [0.717, 1.165) is 0 Å². The molecule has 0 saturated carbocycles. The lowest BCUT2D eigenvalue weighted by atomic mass is 9.74. The number of carbonyl (C=O) groups excluding carboxylic acids is 3. The van der Waals surface area contributed by atoms with E-state index in [4.69, 9.17) is 37.9 Å². The second-order valence-corrected chi connectivity index (χ2v) is 19.0. The van der Waals surface area contributed by atoms with Crippen LogP contribution in [-0.4, -0.2) is 151 Å². The molecule has 3 aliphatic rings. The number of alkyl carbamates (subject to hydrolysis) is 1. The number of aliphatic hydroxyl groups is 3. The molecule has 17 heteroatoms. The number of amides is 1. The zero-order chi connectivity index (χ0) is 47.4. The molecule has 63 heavy (non-hydrogen) atoms. The molecule has 4 rings (SSSR count). The van der Waals surface area contributed by atoms with Crippen LogP contribution >= 0.6 is 0 Å². The van der Waals surface area contributed by atoms with Crippen molar-refractivity contribution in [2.24, 2.45) is 23.7 Å². The second kappa shape index (κ2) is 21.6. The van der Waals surface area contributed by atoms with Crippen LogP contribution in [0.2, 0.25) is 0 Å². The fourth-order valence-corrected chi connectivity index (χ4v) is 9.73. The van der Waals surface area contributed by atoms with Gasteiger partial charge in [-0.3, -0.25) is 9.59 Å². The van der Waals surface area contributed by atoms with E-state index < -0.39 is 114 Å². The van der Waals surface area contributed by atoms with Crippen LogP contribution in [0.25, 0.3) is 0 Å². The molecule has 1 aromatic rings. The highest BCUT2D eigenvalue weighted by molar-refractivity contribution is 5.83. The van der Waals surface area contributed by atoms with Crippen LogP contribution < -0.4 is 5.32 Å². The van der Waals surface area contributed by atoms with Crippen LogP contribution in [0.4, 0.5) is 9.18 Å². The number of Topliss-reactive ketones (excluding diaryl/α,β-unsaturated/α-hetero) is 1. The zero-order valence-corrected chi connectivity index (χ0v) is 39.7. The van der Waals surface area contributed by atoms with Gasteiger partial charge in [0.15, 0.2) is 18.7 Å². The molecule has 0 unspecified atom stereocenters. The van der Waals surface area contributed by atoms with Crippen LogP contribution in [0.1, 0.15) is 100 Å². The molecule has 4 N–H and O–H groups in total.